The van der Waals surface area contributed by atoms with Crippen LogP contribution in [0.3, 0.4) is 0 Å². The van der Waals surface area contributed by atoms with Gasteiger partial charge >= 0.3 is 5.69 Å². The lowest BCUT2D eigenvalue weighted by Crippen LogP contribution is -2.17. The molecule has 0 amide bonds. The molecule has 2 heterocycles. The Morgan fingerprint density at radius 1 is 1.22 bits per heavy atom. The third-order valence-corrected chi connectivity index (χ3v) is 4.83. The number of aromatic nitrogens is 4. The molecule has 0 aliphatic carbocycles. The fraction of sp³-hybridized carbons (Fsp3) is 0.267. The number of halogens is 2. The van der Waals surface area contributed by atoms with Crippen LogP contribution in [0.2, 0.25) is 10.2 Å². The molecule has 5 nitrogen and oxygen atoms in total. The van der Waals surface area contributed by atoms with Crippen LogP contribution in [0.5, 0.6) is 0 Å². The van der Waals surface area contributed by atoms with Crippen LogP contribution in [-0.4, -0.2) is 25.3 Å². The summed E-state index contributed by atoms with van der Waals surface area (Å²) in [6.45, 7) is 2.47. The van der Waals surface area contributed by atoms with E-state index in [1.54, 1.807) is 16.7 Å². The van der Waals surface area contributed by atoms with Gasteiger partial charge in [-0.15, -0.1) is 0 Å². The number of nitrogens with zero attached hydrogens (tertiary/aromatic N) is 3. The zero-order chi connectivity index (χ0) is 16.4. The molecule has 0 saturated carbocycles. The first kappa shape index (κ1) is 16.4. The van der Waals surface area contributed by atoms with Crippen LogP contribution < -0.4 is 5.69 Å². The zero-order valence-electron chi connectivity index (χ0n) is 12.3. The number of fused-ring (bicyclic) bond motifs is 1. The van der Waals surface area contributed by atoms with Gasteiger partial charge in [0.1, 0.15) is 5.52 Å². The number of benzene rings is 1. The summed E-state index contributed by atoms with van der Waals surface area (Å²) >= 11 is 13.6. The van der Waals surface area contributed by atoms with Crippen molar-refractivity contribution in [2.75, 3.05) is 5.75 Å². The summed E-state index contributed by atoms with van der Waals surface area (Å²) in [7, 11) is 0. The van der Waals surface area contributed by atoms with Gasteiger partial charge in [-0.25, -0.2) is 14.8 Å². The molecule has 2 aromatic heterocycles. The monoisotopic (exact) mass is 368 g/mol. The van der Waals surface area contributed by atoms with Crippen molar-refractivity contribution < 1.29 is 0 Å². The SMILES string of the molecule is CCCSc1nc(Cl)c2[nH]c(=O)n(Cc3ccc(Cl)cc3)c2n1. The summed E-state index contributed by atoms with van der Waals surface area (Å²) in [6, 6.07) is 7.34. The Hall–Kier alpha value is -1.50. The molecule has 0 saturated heterocycles. The standard InChI is InChI=1S/C15H14Cl2N4OS/c1-2-7-23-14-19-12(17)11-13(20-14)21(15(22)18-11)8-9-3-5-10(16)6-4-9/h3-6H,2,7-8H2,1H3,(H,18,22). The number of H-pyrrole nitrogens is 1. The summed E-state index contributed by atoms with van der Waals surface area (Å²) in [4.78, 5) is 23.7. The number of imidazole rings is 1. The molecule has 0 bridgehead atoms. The first-order chi connectivity index (χ1) is 11.1. The minimum Gasteiger partial charge on any atom is -0.302 e. The normalized spacial score (nSPS) is 11.3. The number of aromatic amines is 1. The Bertz CT molecular complexity index is 889. The molecule has 0 atom stereocenters. The largest absolute Gasteiger partial charge is 0.328 e. The highest BCUT2D eigenvalue weighted by Gasteiger charge is 2.14. The predicted molar refractivity (Wildman–Crippen MR) is 94.7 cm³/mol. The number of thioether (sulfide) groups is 1. The molecule has 23 heavy (non-hydrogen) atoms. The molecule has 8 heteroatoms. The van der Waals surface area contributed by atoms with E-state index in [0.717, 1.165) is 17.7 Å². The third-order valence-electron chi connectivity index (χ3n) is 3.25. The Kier molecular flexibility index (Phi) is 4.94. The fourth-order valence-electron chi connectivity index (χ4n) is 2.15. The summed E-state index contributed by atoms with van der Waals surface area (Å²) in [6.07, 6.45) is 1.01. The summed E-state index contributed by atoms with van der Waals surface area (Å²) in [5, 5.41) is 1.50. The second kappa shape index (κ2) is 6.95. The molecular weight excluding hydrogens is 355 g/mol. The maximum atomic E-state index is 12.2. The van der Waals surface area contributed by atoms with Crippen LogP contribution in [0.15, 0.2) is 34.2 Å². The predicted octanol–water partition coefficient (Wildman–Crippen LogP) is 3.98. The van der Waals surface area contributed by atoms with Crippen LogP contribution in [0, 0.1) is 0 Å². The minimum absolute atomic E-state index is 0.260. The molecule has 0 fully saturated rings. The van der Waals surface area contributed by atoms with Crippen molar-refractivity contribution in [2.24, 2.45) is 0 Å². The Morgan fingerprint density at radius 2 is 1.96 bits per heavy atom. The molecule has 0 aliphatic heterocycles. The lowest BCUT2D eigenvalue weighted by atomic mass is 10.2. The van der Waals surface area contributed by atoms with Gasteiger partial charge in [0.15, 0.2) is 16.0 Å². The van der Waals surface area contributed by atoms with Crippen molar-refractivity contribution in [2.45, 2.75) is 25.0 Å². The molecule has 0 radical (unpaired) electrons. The van der Waals surface area contributed by atoms with E-state index >= 15 is 0 Å². The van der Waals surface area contributed by atoms with Crippen LogP contribution in [0.1, 0.15) is 18.9 Å². The fourth-order valence-corrected chi connectivity index (χ4v) is 3.24. The highest BCUT2D eigenvalue weighted by Crippen LogP contribution is 2.23. The Labute approximate surface area is 147 Å². The molecule has 120 valence electrons. The quantitative estimate of drug-likeness (QED) is 0.420. The lowest BCUT2D eigenvalue weighted by Gasteiger charge is -2.05. The summed E-state index contributed by atoms with van der Waals surface area (Å²) < 4.78 is 1.56. The van der Waals surface area contributed by atoms with Crippen LogP contribution in [0.25, 0.3) is 11.2 Å². The van der Waals surface area contributed by atoms with E-state index < -0.39 is 0 Å². The maximum Gasteiger partial charge on any atom is 0.328 e. The molecule has 1 aromatic carbocycles. The molecular formula is C15H14Cl2N4OS. The van der Waals surface area contributed by atoms with Crippen LogP contribution in [0.4, 0.5) is 0 Å². The number of nitrogens with one attached hydrogen (secondary N) is 1. The second-order valence-corrected chi connectivity index (χ2v) is 6.84. The summed E-state index contributed by atoms with van der Waals surface area (Å²) in [5.74, 6) is 0.897. The van der Waals surface area contributed by atoms with Gasteiger partial charge in [0, 0.05) is 10.8 Å². The average Bonchev–Trinajstić information content (AvgIpc) is 2.84. The minimum atomic E-state index is -0.260. The molecule has 0 spiro atoms. The van der Waals surface area contributed by atoms with Crippen LogP contribution in [-0.2, 0) is 6.54 Å². The van der Waals surface area contributed by atoms with E-state index in [1.165, 1.54) is 11.8 Å². The number of rotatable bonds is 5. The van der Waals surface area contributed by atoms with E-state index in [0.29, 0.717) is 27.9 Å². The van der Waals surface area contributed by atoms with Gasteiger partial charge in [0.05, 0.1) is 6.54 Å². The zero-order valence-corrected chi connectivity index (χ0v) is 14.7. The maximum absolute atomic E-state index is 12.2. The molecule has 0 aliphatic rings. The Morgan fingerprint density at radius 3 is 2.65 bits per heavy atom. The summed E-state index contributed by atoms with van der Waals surface area (Å²) in [5.41, 5.74) is 1.67. The first-order valence-electron chi connectivity index (χ1n) is 7.11. The van der Waals surface area contributed by atoms with Gasteiger partial charge in [-0.05, 0) is 24.1 Å². The van der Waals surface area contributed by atoms with Gasteiger partial charge in [-0.3, -0.25) is 4.57 Å². The second-order valence-electron chi connectivity index (χ2n) is 4.99. The van der Waals surface area contributed by atoms with Gasteiger partial charge in [-0.1, -0.05) is 54.0 Å². The van der Waals surface area contributed by atoms with Crippen LogP contribution >= 0.6 is 35.0 Å². The average molecular weight is 369 g/mol. The number of hydrogen-bond donors (Lipinski definition) is 1. The topological polar surface area (TPSA) is 63.6 Å². The smallest absolute Gasteiger partial charge is 0.302 e. The molecule has 1 N–H and O–H groups in total. The molecule has 0 unspecified atom stereocenters. The van der Waals surface area contributed by atoms with E-state index in [4.69, 9.17) is 23.2 Å². The highest BCUT2D eigenvalue weighted by atomic mass is 35.5. The van der Waals surface area contributed by atoms with Gasteiger partial charge in [0.2, 0.25) is 0 Å². The van der Waals surface area contributed by atoms with Crippen molar-refractivity contribution in [1.29, 1.82) is 0 Å². The van der Waals surface area contributed by atoms with Crippen molar-refractivity contribution in [1.82, 2.24) is 19.5 Å². The van der Waals surface area contributed by atoms with Gasteiger partial charge in [0.25, 0.3) is 0 Å². The van der Waals surface area contributed by atoms with E-state index in [1.807, 2.05) is 12.1 Å². The van der Waals surface area contributed by atoms with Crippen molar-refractivity contribution >= 4 is 46.1 Å². The Balaban J connectivity index is 2.04. The van der Waals surface area contributed by atoms with Crippen molar-refractivity contribution in [3.63, 3.8) is 0 Å². The molecule has 3 rings (SSSR count). The van der Waals surface area contributed by atoms with Crippen molar-refractivity contribution in [3.05, 3.63) is 50.5 Å². The van der Waals surface area contributed by atoms with E-state index in [-0.39, 0.29) is 10.8 Å². The van der Waals surface area contributed by atoms with Gasteiger partial charge < -0.3 is 4.98 Å². The van der Waals surface area contributed by atoms with Crippen molar-refractivity contribution in [3.8, 4) is 0 Å². The number of hydrogen-bond acceptors (Lipinski definition) is 4. The van der Waals surface area contributed by atoms with E-state index in [2.05, 4.69) is 21.9 Å². The molecule has 3 aromatic rings. The third kappa shape index (κ3) is 3.54. The highest BCUT2D eigenvalue weighted by molar-refractivity contribution is 7.99. The van der Waals surface area contributed by atoms with E-state index in [9.17, 15) is 4.79 Å². The first-order valence-corrected chi connectivity index (χ1v) is 8.86. The van der Waals surface area contributed by atoms with Gasteiger partial charge in [-0.2, -0.15) is 0 Å². The lowest BCUT2D eigenvalue weighted by molar-refractivity contribution is 0.771.